The number of aromatic nitrogens is 5. The van der Waals surface area contributed by atoms with Crippen molar-refractivity contribution in [2.75, 3.05) is 36.9 Å². The number of nitrogens with zero attached hydrogens (tertiary/aromatic N) is 7. The SMILES string of the molecule is C=CC(=O)N1CCN2c3nc(=O)n(-c4c(C(C)C)nc(N)nc4C(C)C)c4nc(-c5c(O)cccc5F)c(F)c(c34)OC[C@H]2C1. The summed E-state index contributed by atoms with van der Waals surface area (Å²) in [5, 5.41) is 10.7. The van der Waals surface area contributed by atoms with Gasteiger partial charge in [-0.1, -0.05) is 40.3 Å². The second-order valence-corrected chi connectivity index (χ2v) is 11.6. The average Bonchev–Trinajstić information content (AvgIpc) is 3.15. The van der Waals surface area contributed by atoms with E-state index in [1.165, 1.54) is 22.8 Å². The second kappa shape index (κ2) is 11.1. The van der Waals surface area contributed by atoms with Crippen molar-refractivity contribution in [1.82, 2.24) is 29.4 Å². The van der Waals surface area contributed by atoms with Gasteiger partial charge in [-0.25, -0.2) is 33.1 Å². The second-order valence-electron chi connectivity index (χ2n) is 11.6. The molecule has 1 aromatic carbocycles. The number of phenolic OH excluding ortho intramolecular Hbond substituents is 1. The fourth-order valence-corrected chi connectivity index (χ4v) is 5.97. The first kappa shape index (κ1) is 29.9. The Morgan fingerprint density at radius 2 is 1.80 bits per heavy atom. The van der Waals surface area contributed by atoms with E-state index >= 15 is 8.78 Å². The van der Waals surface area contributed by atoms with Gasteiger partial charge in [0, 0.05) is 19.6 Å². The summed E-state index contributed by atoms with van der Waals surface area (Å²) in [7, 11) is 0. The Labute approximate surface area is 256 Å². The number of anilines is 2. The van der Waals surface area contributed by atoms with E-state index in [-0.39, 0.29) is 71.7 Å². The summed E-state index contributed by atoms with van der Waals surface area (Å²) in [4.78, 5) is 47.9. The van der Waals surface area contributed by atoms with Gasteiger partial charge in [0.25, 0.3) is 0 Å². The lowest BCUT2D eigenvalue weighted by Gasteiger charge is -2.40. The molecule has 12 nitrogen and oxygen atoms in total. The van der Waals surface area contributed by atoms with Crippen molar-refractivity contribution in [3.05, 3.63) is 64.4 Å². The minimum Gasteiger partial charge on any atom is -0.507 e. The Kier molecular flexibility index (Phi) is 7.37. The first-order chi connectivity index (χ1) is 21.4. The van der Waals surface area contributed by atoms with E-state index in [1.54, 1.807) is 9.80 Å². The molecule has 2 aliphatic heterocycles. The number of phenols is 1. The van der Waals surface area contributed by atoms with Gasteiger partial charge in [-0.2, -0.15) is 4.98 Å². The van der Waals surface area contributed by atoms with Gasteiger partial charge in [0.05, 0.1) is 28.7 Å². The summed E-state index contributed by atoms with van der Waals surface area (Å²) in [5.41, 5.74) is 5.28. The third-order valence-electron chi connectivity index (χ3n) is 8.07. The van der Waals surface area contributed by atoms with Crippen LogP contribution in [0.5, 0.6) is 11.5 Å². The quantitative estimate of drug-likeness (QED) is 0.317. The largest absolute Gasteiger partial charge is 0.507 e. The van der Waals surface area contributed by atoms with Gasteiger partial charge in [0.15, 0.2) is 17.2 Å². The van der Waals surface area contributed by atoms with Gasteiger partial charge >= 0.3 is 5.69 Å². The predicted octanol–water partition coefficient (Wildman–Crippen LogP) is 3.65. The first-order valence-electron chi connectivity index (χ1n) is 14.5. The van der Waals surface area contributed by atoms with Crippen LogP contribution in [0, 0.1) is 11.6 Å². The number of carbonyl (C=O) groups is 1. The van der Waals surface area contributed by atoms with Crippen LogP contribution in [0.4, 0.5) is 20.5 Å². The molecule has 2 aliphatic rings. The van der Waals surface area contributed by atoms with Crippen LogP contribution in [-0.4, -0.2) is 72.7 Å². The molecule has 0 aliphatic carbocycles. The smallest absolute Gasteiger partial charge is 0.355 e. The van der Waals surface area contributed by atoms with E-state index in [1.807, 2.05) is 27.7 Å². The highest BCUT2D eigenvalue weighted by Gasteiger charge is 2.38. The van der Waals surface area contributed by atoms with E-state index in [0.29, 0.717) is 17.9 Å². The molecule has 3 aromatic heterocycles. The van der Waals surface area contributed by atoms with Crippen molar-refractivity contribution < 1.29 is 23.4 Å². The molecule has 5 heterocycles. The summed E-state index contributed by atoms with van der Waals surface area (Å²) in [6.45, 7) is 11.7. The number of benzene rings is 1. The summed E-state index contributed by atoms with van der Waals surface area (Å²) in [6, 6.07) is 3.04. The summed E-state index contributed by atoms with van der Waals surface area (Å²) < 4.78 is 39.1. The number of fused-ring (bicyclic) bond motifs is 2. The number of nitrogens with two attached hydrogens (primary N) is 1. The van der Waals surface area contributed by atoms with Gasteiger partial charge in [-0.15, -0.1) is 0 Å². The number of rotatable bonds is 5. The van der Waals surface area contributed by atoms with Crippen LogP contribution >= 0.6 is 0 Å². The Balaban J connectivity index is 1.75. The van der Waals surface area contributed by atoms with E-state index < -0.39 is 40.4 Å². The number of halogens is 2. The number of ether oxygens (including phenoxy) is 1. The molecule has 3 N–H and O–H groups in total. The molecule has 6 rings (SSSR count). The topological polar surface area (TPSA) is 153 Å². The van der Waals surface area contributed by atoms with E-state index in [2.05, 4.69) is 26.5 Å². The Bertz CT molecular complexity index is 1890. The van der Waals surface area contributed by atoms with Crippen molar-refractivity contribution in [2.45, 2.75) is 45.6 Å². The highest BCUT2D eigenvalue weighted by molar-refractivity contribution is 5.97. The number of hydrogen-bond donors (Lipinski definition) is 2. The van der Waals surface area contributed by atoms with Crippen molar-refractivity contribution in [3.63, 3.8) is 0 Å². The van der Waals surface area contributed by atoms with Crippen LogP contribution in [0.25, 0.3) is 28.0 Å². The van der Waals surface area contributed by atoms with Crippen LogP contribution in [0.15, 0.2) is 35.6 Å². The molecular formula is C31H32F2N8O4. The first-order valence-corrected chi connectivity index (χ1v) is 14.5. The molecule has 14 heteroatoms. The molecule has 1 atom stereocenters. The lowest BCUT2D eigenvalue weighted by Crippen LogP contribution is -2.56. The Hall–Kier alpha value is -5.14. The van der Waals surface area contributed by atoms with Crippen molar-refractivity contribution in [3.8, 4) is 28.4 Å². The minimum absolute atomic E-state index is 0.0146. The van der Waals surface area contributed by atoms with Gasteiger partial charge in [0.2, 0.25) is 11.9 Å². The van der Waals surface area contributed by atoms with E-state index in [4.69, 9.17) is 10.5 Å². The monoisotopic (exact) mass is 618 g/mol. The number of aromatic hydroxyl groups is 1. The maximum absolute atomic E-state index is 16.6. The molecule has 45 heavy (non-hydrogen) atoms. The minimum atomic E-state index is -1.04. The fourth-order valence-electron chi connectivity index (χ4n) is 5.97. The maximum Gasteiger partial charge on any atom is 0.355 e. The van der Waals surface area contributed by atoms with Gasteiger partial charge in [-0.05, 0) is 30.0 Å². The molecule has 0 saturated carbocycles. The molecule has 0 unspecified atom stereocenters. The highest BCUT2D eigenvalue weighted by Crippen LogP contribution is 2.44. The molecule has 0 bridgehead atoms. The standard InChI is InChI=1S/C31H32F2N8O4/c1-6-19(43)39-10-11-40-16(12-39)13-45-27-21-28(40)38-31(44)41(26-23(14(2)3)36-30(34)37-24(26)15(4)5)29(21)35-25(22(27)33)20-17(32)8-7-9-18(20)42/h6-9,14-16,42H,1,10-13H2,2-5H3,(H2,34,36,37)/t16-/m1/s1. The normalized spacial score (nSPS) is 16.1. The summed E-state index contributed by atoms with van der Waals surface area (Å²) in [5.74, 6) is -3.49. The van der Waals surface area contributed by atoms with Gasteiger partial charge in [0.1, 0.15) is 35.1 Å². The Morgan fingerprint density at radius 1 is 1.11 bits per heavy atom. The molecular weight excluding hydrogens is 586 g/mol. The number of carbonyl (C=O) groups excluding carboxylic acids is 1. The third kappa shape index (κ3) is 4.80. The van der Waals surface area contributed by atoms with Gasteiger partial charge < -0.3 is 25.4 Å². The molecule has 0 spiro atoms. The number of nitrogen functional groups attached to an aromatic ring is 1. The zero-order valence-corrected chi connectivity index (χ0v) is 25.2. The van der Waals surface area contributed by atoms with Crippen LogP contribution in [0.1, 0.15) is 50.9 Å². The van der Waals surface area contributed by atoms with E-state index in [0.717, 1.165) is 6.07 Å². The zero-order chi connectivity index (χ0) is 32.3. The zero-order valence-electron chi connectivity index (χ0n) is 25.2. The number of piperazine rings is 1. The average molecular weight is 619 g/mol. The van der Waals surface area contributed by atoms with Crippen molar-refractivity contribution >= 4 is 28.7 Å². The number of pyridine rings is 1. The molecule has 4 aromatic rings. The van der Waals surface area contributed by atoms with Crippen molar-refractivity contribution in [1.29, 1.82) is 0 Å². The lowest BCUT2D eigenvalue weighted by atomic mass is 10.0. The summed E-state index contributed by atoms with van der Waals surface area (Å²) in [6.07, 6.45) is 1.21. The number of hydrogen-bond acceptors (Lipinski definition) is 10. The number of amides is 1. The van der Waals surface area contributed by atoms with E-state index in [9.17, 15) is 14.7 Å². The molecule has 234 valence electrons. The molecule has 1 saturated heterocycles. The third-order valence-corrected chi connectivity index (χ3v) is 8.07. The Morgan fingerprint density at radius 3 is 2.42 bits per heavy atom. The predicted molar refractivity (Wildman–Crippen MR) is 164 cm³/mol. The highest BCUT2D eigenvalue weighted by atomic mass is 19.1. The molecule has 0 radical (unpaired) electrons. The van der Waals surface area contributed by atoms with Crippen LogP contribution in [-0.2, 0) is 4.79 Å². The van der Waals surface area contributed by atoms with Crippen LogP contribution < -0.4 is 21.1 Å². The fraction of sp³-hybridized carbons (Fsp3) is 0.355. The maximum atomic E-state index is 16.6. The van der Waals surface area contributed by atoms with Crippen LogP contribution in [0.3, 0.4) is 0 Å². The summed E-state index contributed by atoms with van der Waals surface area (Å²) >= 11 is 0. The van der Waals surface area contributed by atoms with Gasteiger partial charge in [-0.3, -0.25) is 4.79 Å². The molecule has 1 amide bonds. The van der Waals surface area contributed by atoms with Crippen LogP contribution in [0.2, 0.25) is 0 Å². The van der Waals surface area contributed by atoms with Crippen molar-refractivity contribution in [2.24, 2.45) is 0 Å². The lowest BCUT2D eigenvalue weighted by molar-refractivity contribution is -0.126. The molecule has 1 fully saturated rings.